The average Bonchev–Trinajstić information content (AvgIpc) is 2.31. The van der Waals surface area contributed by atoms with E-state index in [0.29, 0.717) is 5.92 Å². The van der Waals surface area contributed by atoms with E-state index in [4.69, 9.17) is 10.2 Å². The molecule has 0 saturated carbocycles. The van der Waals surface area contributed by atoms with Gasteiger partial charge in [-0.25, -0.2) is 0 Å². The summed E-state index contributed by atoms with van der Waals surface area (Å²) in [7, 11) is 0. The van der Waals surface area contributed by atoms with Crippen molar-refractivity contribution in [2.45, 2.75) is 38.6 Å². The van der Waals surface area contributed by atoms with Gasteiger partial charge in [0.2, 0.25) is 0 Å². The van der Waals surface area contributed by atoms with Crippen LogP contribution < -0.4 is 5.73 Å². The van der Waals surface area contributed by atoms with Crippen molar-refractivity contribution in [2.24, 2.45) is 5.73 Å². The third-order valence-electron chi connectivity index (χ3n) is 1.91. The summed E-state index contributed by atoms with van der Waals surface area (Å²) in [5.41, 5.74) is 5.79. The average molecular weight is 246 g/mol. The Labute approximate surface area is 87.6 Å². The van der Waals surface area contributed by atoms with Gasteiger partial charge in [0.25, 0.3) is 0 Å². The van der Waals surface area contributed by atoms with Crippen LogP contribution in [0.15, 0.2) is 21.2 Å². The fourth-order valence-electron chi connectivity index (χ4n) is 1.48. The molecular formula is C10H16BrNO. The molecule has 1 heterocycles. The van der Waals surface area contributed by atoms with Crippen LogP contribution in [0, 0.1) is 0 Å². The van der Waals surface area contributed by atoms with Crippen molar-refractivity contribution in [3.8, 4) is 0 Å². The SMILES string of the molecule is CC(CC(C)(C)N)c1ccc(Br)o1. The van der Waals surface area contributed by atoms with Crippen LogP contribution in [0.1, 0.15) is 38.9 Å². The lowest BCUT2D eigenvalue weighted by Gasteiger charge is -2.21. The lowest BCUT2D eigenvalue weighted by molar-refractivity contribution is 0.381. The van der Waals surface area contributed by atoms with E-state index in [1.165, 1.54) is 0 Å². The minimum Gasteiger partial charge on any atom is -0.454 e. The molecular weight excluding hydrogens is 230 g/mol. The minimum atomic E-state index is -0.140. The van der Waals surface area contributed by atoms with Crippen LogP contribution in [0.5, 0.6) is 0 Å². The Morgan fingerprint density at radius 1 is 1.54 bits per heavy atom. The summed E-state index contributed by atoms with van der Waals surface area (Å²) >= 11 is 3.28. The minimum absolute atomic E-state index is 0.140. The van der Waals surface area contributed by atoms with Crippen molar-refractivity contribution in [1.82, 2.24) is 0 Å². The Morgan fingerprint density at radius 2 is 2.15 bits per heavy atom. The molecule has 0 radical (unpaired) electrons. The zero-order valence-corrected chi connectivity index (χ0v) is 9.89. The second-order valence-electron chi connectivity index (χ2n) is 4.24. The first-order valence-corrected chi connectivity index (χ1v) is 5.22. The lowest BCUT2D eigenvalue weighted by Crippen LogP contribution is -2.33. The first kappa shape index (κ1) is 10.8. The van der Waals surface area contributed by atoms with Gasteiger partial charge in [-0.1, -0.05) is 6.92 Å². The summed E-state index contributed by atoms with van der Waals surface area (Å²) in [6.07, 6.45) is 0.924. The van der Waals surface area contributed by atoms with Gasteiger partial charge in [-0.05, 0) is 48.3 Å². The van der Waals surface area contributed by atoms with Crippen LogP contribution in [0.2, 0.25) is 0 Å². The monoisotopic (exact) mass is 245 g/mol. The van der Waals surface area contributed by atoms with Crippen molar-refractivity contribution >= 4 is 15.9 Å². The molecule has 2 N–H and O–H groups in total. The van der Waals surface area contributed by atoms with Gasteiger partial charge in [-0.3, -0.25) is 0 Å². The van der Waals surface area contributed by atoms with E-state index in [9.17, 15) is 0 Å². The third kappa shape index (κ3) is 3.53. The molecule has 1 aromatic rings. The fourth-order valence-corrected chi connectivity index (χ4v) is 1.80. The van der Waals surface area contributed by atoms with Crippen LogP contribution in [-0.4, -0.2) is 5.54 Å². The first-order chi connectivity index (χ1) is 5.88. The Morgan fingerprint density at radius 3 is 2.54 bits per heavy atom. The highest BCUT2D eigenvalue weighted by Crippen LogP contribution is 2.27. The van der Waals surface area contributed by atoms with Gasteiger partial charge in [0.1, 0.15) is 5.76 Å². The van der Waals surface area contributed by atoms with Gasteiger partial charge in [-0.2, -0.15) is 0 Å². The molecule has 1 aromatic heterocycles. The second-order valence-corrected chi connectivity index (χ2v) is 5.02. The number of hydrogen-bond donors (Lipinski definition) is 1. The van der Waals surface area contributed by atoms with Gasteiger partial charge < -0.3 is 10.2 Å². The van der Waals surface area contributed by atoms with Crippen LogP contribution in [0.25, 0.3) is 0 Å². The highest BCUT2D eigenvalue weighted by atomic mass is 79.9. The molecule has 0 amide bonds. The van der Waals surface area contributed by atoms with Crippen LogP contribution in [0.3, 0.4) is 0 Å². The molecule has 1 atom stereocenters. The van der Waals surface area contributed by atoms with E-state index >= 15 is 0 Å². The summed E-state index contributed by atoms with van der Waals surface area (Å²) in [4.78, 5) is 0. The highest BCUT2D eigenvalue weighted by molar-refractivity contribution is 9.10. The number of rotatable bonds is 3. The molecule has 1 rings (SSSR count). The summed E-state index contributed by atoms with van der Waals surface area (Å²) in [5, 5.41) is 0. The zero-order valence-electron chi connectivity index (χ0n) is 8.30. The van der Waals surface area contributed by atoms with Crippen molar-refractivity contribution in [3.05, 3.63) is 22.6 Å². The number of furan rings is 1. The summed E-state index contributed by atoms with van der Waals surface area (Å²) < 4.78 is 6.23. The largest absolute Gasteiger partial charge is 0.454 e. The van der Waals surface area contributed by atoms with Crippen molar-refractivity contribution < 1.29 is 4.42 Å². The maximum atomic E-state index is 5.93. The van der Waals surface area contributed by atoms with E-state index in [-0.39, 0.29) is 5.54 Å². The number of halogens is 1. The van der Waals surface area contributed by atoms with Crippen LogP contribution >= 0.6 is 15.9 Å². The molecule has 1 unspecified atom stereocenters. The smallest absolute Gasteiger partial charge is 0.169 e. The predicted octanol–water partition coefficient (Wildman–Crippen LogP) is 3.27. The number of nitrogens with two attached hydrogens (primary N) is 1. The molecule has 3 heteroatoms. The molecule has 0 bridgehead atoms. The highest BCUT2D eigenvalue weighted by Gasteiger charge is 2.18. The summed E-state index contributed by atoms with van der Waals surface area (Å²) in [6.45, 7) is 6.18. The Bertz CT molecular complexity index is 275. The lowest BCUT2D eigenvalue weighted by atomic mass is 9.91. The van der Waals surface area contributed by atoms with E-state index < -0.39 is 0 Å². The molecule has 2 nitrogen and oxygen atoms in total. The van der Waals surface area contributed by atoms with Crippen molar-refractivity contribution in [1.29, 1.82) is 0 Å². The van der Waals surface area contributed by atoms with Crippen LogP contribution in [-0.2, 0) is 0 Å². The Balaban J connectivity index is 2.64. The van der Waals surface area contributed by atoms with Gasteiger partial charge in [0.05, 0.1) is 0 Å². The molecule has 74 valence electrons. The maximum Gasteiger partial charge on any atom is 0.169 e. The first-order valence-electron chi connectivity index (χ1n) is 4.42. The maximum absolute atomic E-state index is 5.93. The molecule has 0 aliphatic carbocycles. The van der Waals surface area contributed by atoms with Crippen molar-refractivity contribution in [2.75, 3.05) is 0 Å². The molecule has 0 spiro atoms. The Hall–Kier alpha value is -0.280. The van der Waals surface area contributed by atoms with Gasteiger partial charge in [0, 0.05) is 11.5 Å². The molecule has 0 saturated heterocycles. The van der Waals surface area contributed by atoms with E-state index in [1.54, 1.807) is 0 Å². The second kappa shape index (κ2) is 3.84. The van der Waals surface area contributed by atoms with E-state index in [1.807, 2.05) is 26.0 Å². The molecule has 0 aliphatic rings. The predicted molar refractivity (Wildman–Crippen MR) is 57.7 cm³/mol. The van der Waals surface area contributed by atoms with E-state index in [2.05, 4.69) is 22.9 Å². The topological polar surface area (TPSA) is 39.2 Å². The molecule has 0 fully saturated rings. The summed E-state index contributed by atoms with van der Waals surface area (Å²) in [6, 6.07) is 3.90. The van der Waals surface area contributed by atoms with Gasteiger partial charge in [0.15, 0.2) is 4.67 Å². The standard InChI is InChI=1S/C10H16BrNO/c1-7(6-10(2,3)12)8-4-5-9(11)13-8/h4-5,7H,6,12H2,1-3H3. The molecule has 0 aromatic carbocycles. The normalized spacial score (nSPS) is 14.5. The van der Waals surface area contributed by atoms with Crippen molar-refractivity contribution in [3.63, 3.8) is 0 Å². The molecule has 13 heavy (non-hydrogen) atoms. The van der Waals surface area contributed by atoms with Crippen LogP contribution in [0.4, 0.5) is 0 Å². The Kier molecular flexibility index (Phi) is 3.19. The molecule has 0 aliphatic heterocycles. The number of hydrogen-bond acceptors (Lipinski definition) is 2. The fraction of sp³-hybridized carbons (Fsp3) is 0.600. The summed E-state index contributed by atoms with van der Waals surface area (Å²) in [5.74, 6) is 1.36. The quantitative estimate of drug-likeness (QED) is 0.888. The third-order valence-corrected chi connectivity index (χ3v) is 2.34. The van der Waals surface area contributed by atoms with Gasteiger partial charge in [-0.15, -0.1) is 0 Å². The van der Waals surface area contributed by atoms with Gasteiger partial charge >= 0.3 is 0 Å². The van der Waals surface area contributed by atoms with E-state index in [0.717, 1.165) is 16.9 Å². The zero-order chi connectivity index (χ0) is 10.1.